The minimum Gasteiger partial charge on any atom is -0.392 e. The van der Waals surface area contributed by atoms with E-state index in [2.05, 4.69) is 14.9 Å². The fourth-order valence-corrected chi connectivity index (χ4v) is 6.73. The Morgan fingerprint density at radius 2 is 1.67 bits per heavy atom. The highest BCUT2D eigenvalue weighted by atomic mass is 32.2. The molecule has 1 fully saturated rings. The first-order valence-corrected chi connectivity index (χ1v) is 15.2. The molecule has 2 aromatic carbocycles. The molecule has 0 radical (unpaired) electrons. The van der Waals surface area contributed by atoms with Crippen LogP contribution >= 0.6 is 0 Å². The van der Waals surface area contributed by atoms with E-state index < -0.39 is 16.4 Å². The summed E-state index contributed by atoms with van der Waals surface area (Å²) in [7, 11) is -4.00. The summed E-state index contributed by atoms with van der Waals surface area (Å²) in [5.41, 5.74) is 4.64. The average Bonchev–Trinajstić information content (AvgIpc) is 3.38. The maximum atomic E-state index is 13.7. The molecule has 1 unspecified atom stereocenters. The zero-order valence-corrected chi connectivity index (χ0v) is 23.8. The number of hydrogen-bond acceptors (Lipinski definition) is 6. The van der Waals surface area contributed by atoms with Crippen molar-refractivity contribution in [1.29, 1.82) is 0 Å². The Morgan fingerprint density at radius 3 is 2.33 bits per heavy atom. The van der Waals surface area contributed by atoms with Crippen molar-refractivity contribution in [3.05, 3.63) is 102 Å². The number of aromatic nitrogens is 3. The summed E-state index contributed by atoms with van der Waals surface area (Å²) >= 11 is 0. The van der Waals surface area contributed by atoms with E-state index in [1.807, 2.05) is 37.3 Å². The normalized spacial score (nSPS) is 16.4. The van der Waals surface area contributed by atoms with Crippen LogP contribution in [0.15, 0.2) is 90.2 Å². The number of aliphatic hydroxyl groups excluding tert-OH is 1. The number of fused-ring (bicyclic) bond motifs is 1. The molecule has 0 bridgehead atoms. The van der Waals surface area contributed by atoms with Crippen molar-refractivity contribution >= 4 is 21.1 Å². The molecule has 0 aliphatic carbocycles. The van der Waals surface area contributed by atoms with Gasteiger partial charge < -0.3 is 5.11 Å². The zero-order valence-electron chi connectivity index (χ0n) is 23.0. The van der Waals surface area contributed by atoms with Gasteiger partial charge in [0.25, 0.3) is 16.4 Å². The van der Waals surface area contributed by atoms with Crippen LogP contribution in [0.1, 0.15) is 36.1 Å². The summed E-state index contributed by atoms with van der Waals surface area (Å²) in [5, 5.41) is 10.5. The molecule has 1 saturated heterocycles. The van der Waals surface area contributed by atoms with E-state index in [0.717, 1.165) is 52.2 Å². The lowest BCUT2D eigenvalue weighted by molar-refractivity contribution is 0.0668. The third-order valence-corrected chi connectivity index (χ3v) is 9.35. The number of nitrogens with zero attached hydrogens (tertiary/aromatic N) is 4. The third kappa shape index (κ3) is 5.57. The molecular formula is C32H30F2N4O3S. The van der Waals surface area contributed by atoms with Crippen LogP contribution in [0, 0.1) is 6.92 Å². The van der Waals surface area contributed by atoms with Crippen LogP contribution in [-0.4, -0.2) is 51.6 Å². The molecular weight excluding hydrogens is 558 g/mol. The number of rotatable bonds is 7. The van der Waals surface area contributed by atoms with Gasteiger partial charge in [-0.2, -0.15) is 0 Å². The number of hydrogen-bond donors (Lipinski definition) is 1. The number of likely N-dealkylation sites (tertiary alicyclic amines) is 1. The molecule has 1 N–H and O–H groups in total. The standard InChI is InChI=1S/C32H30F2N4O3S/c1-21-4-11-27(12-5-21)42(40,41)38-20-29(24-10-13-30(31(33)34)35-16-24)28-15-25(17-36-32(28)38)23-8-6-22(7-9-23)18-37-14-2-3-26(39)19-37/h4-13,15-17,20,26,31,39H,2-3,14,18-19H2,1H3. The Bertz CT molecular complexity index is 1820. The number of pyridine rings is 2. The van der Waals surface area contributed by atoms with Crippen LogP contribution in [0.4, 0.5) is 8.78 Å². The van der Waals surface area contributed by atoms with Crippen LogP contribution in [0.2, 0.25) is 0 Å². The molecule has 6 rings (SSSR count). The minimum atomic E-state index is -4.00. The molecule has 1 atom stereocenters. The van der Waals surface area contributed by atoms with Gasteiger partial charge in [-0.25, -0.2) is 26.2 Å². The summed E-state index contributed by atoms with van der Waals surface area (Å²) in [5.74, 6) is 0. The minimum absolute atomic E-state index is 0.116. The van der Waals surface area contributed by atoms with Crippen molar-refractivity contribution in [3.63, 3.8) is 0 Å². The number of alkyl halides is 2. The van der Waals surface area contributed by atoms with E-state index in [1.54, 1.807) is 30.5 Å². The van der Waals surface area contributed by atoms with Crippen LogP contribution in [-0.2, 0) is 16.6 Å². The van der Waals surface area contributed by atoms with Gasteiger partial charge in [0, 0.05) is 53.8 Å². The number of piperidine rings is 1. The van der Waals surface area contributed by atoms with Crippen molar-refractivity contribution < 1.29 is 22.3 Å². The summed E-state index contributed by atoms with van der Waals surface area (Å²) in [4.78, 5) is 10.8. The Hall–Kier alpha value is -3.99. The Morgan fingerprint density at radius 1 is 0.952 bits per heavy atom. The molecule has 5 aromatic rings. The van der Waals surface area contributed by atoms with Gasteiger partial charge in [0.2, 0.25) is 0 Å². The van der Waals surface area contributed by atoms with Gasteiger partial charge in [-0.1, -0.05) is 48.0 Å². The van der Waals surface area contributed by atoms with Gasteiger partial charge in [0.05, 0.1) is 11.0 Å². The molecule has 1 aliphatic heterocycles. The lowest BCUT2D eigenvalue weighted by atomic mass is 10.0. The first-order valence-electron chi connectivity index (χ1n) is 13.8. The van der Waals surface area contributed by atoms with Crippen molar-refractivity contribution in [2.75, 3.05) is 13.1 Å². The fourth-order valence-electron chi connectivity index (χ4n) is 5.40. The SMILES string of the molecule is Cc1ccc(S(=O)(=O)n2cc(-c3ccc(C(F)F)nc3)c3cc(-c4ccc(CN5CCCC(O)C5)cc4)cnc32)cc1. The van der Waals surface area contributed by atoms with Gasteiger partial charge in [0.1, 0.15) is 5.69 Å². The highest BCUT2D eigenvalue weighted by Crippen LogP contribution is 2.35. The van der Waals surface area contributed by atoms with E-state index in [1.165, 1.54) is 24.5 Å². The topological polar surface area (TPSA) is 88.3 Å². The largest absolute Gasteiger partial charge is 0.392 e. The van der Waals surface area contributed by atoms with E-state index in [0.29, 0.717) is 23.1 Å². The molecule has 0 saturated carbocycles. The highest BCUT2D eigenvalue weighted by Gasteiger charge is 2.24. The number of β-amino-alcohol motifs (C(OH)–C–C–N with tert-alkyl or cyclic N) is 1. The van der Waals surface area contributed by atoms with Crippen LogP contribution in [0.3, 0.4) is 0 Å². The average molecular weight is 589 g/mol. The van der Waals surface area contributed by atoms with Gasteiger partial charge >= 0.3 is 0 Å². The molecule has 42 heavy (non-hydrogen) atoms. The molecule has 10 heteroatoms. The fraction of sp³-hybridized carbons (Fsp3) is 0.250. The maximum absolute atomic E-state index is 13.7. The first kappa shape index (κ1) is 28.1. The van der Waals surface area contributed by atoms with Crippen LogP contribution in [0.25, 0.3) is 33.3 Å². The quantitative estimate of drug-likeness (QED) is 0.243. The summed E-state index contributed by atoms with van der Waals surface area (Å²) < 4.78 is 54.9. The van der Waals surface area contributed by atoms with Crippen molar-refractivity contribution in [3.8, 4) is 22.3 Å². The lowest BCUT2D eigenvalue weighted by Gasteiger charge is -2.29. The van der Waals surface area contributed by atoms with Crippen LogP contribution in [0.5, 0.6) is 0 Å². The second-order valence-corrected chi connectivity index (χ2v) is 12.6. The predicted octanol–water partition coefficient (Wildman–Crippen LogP) is 6.21. The summed E-state index contributed by atoms with van der Waals surface area (Å²) in [6, 6.07) is 19.3. The number of benzene rings is 2. The zero-order chi connectivity index (χ0) is 29.4. The molecule has 0 spiro atoms. The maximum Gasteiger partial charge on any atom is 0.280 e. The summed E-state index contributed by atoms with van der Waals surface area (Å²) in [6.45, 7) is 4.25. The second-order valence-electron chi connectivity index (χ2n) is 10.8. The van der Waals surface area contributed by atoms with Gasteiger partial charge in [-0.15, -0.1) is 0 Å². The summed E-state index contributed by atoms with van der Waals surface area (Å²) in [6.07, 6.45) is 3.28. The van der Waals surface area contributed by atoms with Crippen LogP contribution < -0.4 is 0 Å². The number of aliphatic hydroxyl groups is 1. The van der Waals surface area contributed by atoms with Gasteiger partial charge in [-0.05, 0) is 61.7 Å². The lowest BCUT2D eigenvalue weighted by Crippen LogP contribution is -2.37. The monoisotopic (exact) mass is 588 g/mol. The van der Waals surface area contributed by atoms with E-state index in [4.69, 9.17) is 0 Å². The van der Waals surface area contributed by atoms with E-state index in [9.17, 15) is 22.3 Å². The molecule has 3 aromatic heterocycles. The van der Waals surface area contributed by atoms with E-state index in [-0.39, 0.29) is 22.3 Å². The Labute approximate surface area is 243 Å². The smallest absolute Gasteiger partial charge is 0.280 e. The molecule has 7 nitrogen and oxygen atoms in total. The molecule has 1 aliphatic rings. The Kier molecular flexibility index (Phi) is 7.61. The Balaban J connectivity index is 1.41. The highest BCUT2D eigenvalue weighted by molar-refractivity contribution is 7.90. The van der Waals surface area contributed by atoms with Gasteiger partial charge in [-0.3, -0.25) is 9.88 Å². The molecule has 216 valence electrons. The van der Waals surface area contributed by atoms with Crippen molar-refractivity contribution in [1.82, 2.24) is 18.8 Å². The first-order chi connectivity index (χ1) is 20.2. The molecule has 4 heterocycles. The van der Waals surface area contributed by atoms with Crippen molar-refractivity contribution in [2.24, 2.45) is 0 Å². The second kappa shape index (κ2) is 11.4. The van der Waals surface area contributed by atoms with Crippen molar-refractivity contribution in [2.45, 2.75) is 43.7 Å². The number of aryl methyl sites for hydroxylation is 1. The predicted molar refractivity (Wildman–Crippen MR) is 158 cm³/mol. The van der Waals surface area contributed by atoms with E-state index >= 15 is 0 Å². The number of halogens is 2. The third-order valence-electron chi connectivity index (χ3n) is 7.68. The van der Waals surface area contributed by atoms with Gasteiger partial charge in [0.15, 0.2) is 5.65 Å². The molecule has 0 amide bonds.